The Labute approximate surface area is 152 Å². The first-order valence-corrected chi connectivity index (χ1v) is 10.2. The van der Waals surface area contributed by atoms with Crippen molar-refractivity contribution in [1.29, 1.82) is 0 Å². The number of sulfonamides is 1. The third-order valence-electron chi connectivity index (χ3n) is 3.17. The summed E-state index contributed by atoms with van der Waals surface area (Å²) < 4.78 is 46.2. The summed E-state index contributed by atoms with van der Waals surface area (Å²) in [6.07, 6.45) is -0.140. The summed E-state index contributed by atoms with van der Waals surface area (Å²) in [4.78, 5) is 12.2. The van der Waals surface area contributed by atoms with Crippen LogP contribution in [0.5, 0.6) is 0 Å². The van der Waals surface area contributed by atoms with E-state index in [9.17, 15) is 17.6 Å². The van der Waals surface area contributed by atoms with E-state index < -0.39 is 33.6 Å². The number of hydrogen-bond donors (Lipinski definition) is 1. The Morgan fingerprint density at radius 1 is 1.42 bits per heavy atom. The molecule has 130 valence electrons. The average Bonchev–Trinajstić information content (AvgIpc) is 3.03. The van der Waals surface area contributed by atoms with Gasteiger partial charge in [0.2, 0.25) is 10.0 Å². The fourth-order valence-electron chi connectivity index (χ4n) is 2.04. The van der Waals surface area contributed by atoms with Crippen LogP contribution in [0.1, 0.15) is 22.9 Å². The van der Waals surface area contributed by atoms with Crippen molar-refractivity contribution >= 4 is 43.3 Å². The summed E-state index contributed by atoms with van der Waals surface area (Å²) >= 11 is 4.44. The van der Waals surface area contributed by atoms with E-state index >= 15 is 0 Å². The Kier molecular flexibility index (Phi) is 6.50. The van der Waals surface area contributed by atoms with Gasteiger partial charge in [-0.1, -0.05) is 28.1 Å². The van der Waals surface area contributed by atoms with E-state index in [1.54, 1.807) is 23.6 Å². The molecule has 2 rings (SSSR count). The summed E-state index contributed by atoms with van der Waals surface area (Å²) in [7, 11) is -2.62. The molecular weight excluding hydrogens is 421 g/mol. The number of carbonyl (C=O) groups excluding carboxylic acids is 1. The van der Waals surface area contributed by atoms with Crippen LogP contribution in [-0.4, -0.2) is 21.5 Å². The van der Waals surface area contributed by atoms with Gasteiger partial charge in [-0.15, -0.1) is 11.3 Å². The van der Waals surface area contributed by atoms with Gasteiger partial charge in [0.1, 0.15) is 5.82 Å². The Morgan fingerprint density at radius 3 is 2.75 bits per heavy atom. The molecule has 0 amide bonds. The Hall–Kier alpha value is -1.29. The van der Waals surface area contributed by atoms with Crippen LogP contribution in [0.3, 0.4) is 0 Å². The fourth-order valence-corrected chi connectivity index (χ4v) is 4.60. The maximum atomic E-state index is 13.9. The smallest absolute Gasteiger partial charge is 0.307 e. The highest BCUT2D eigenvalue weighted by Gasteiger charge is 2.24. The lowest BCUT2D eigenvalue weighted by atomic mass is 10.2. The molecule has 0 aliphatic heterocycles. The molecule has 1 aromatic heterocycles. The molecule has 5 nitrogen and oxygen atoms in total. The molecule has 24 heavy (non-hydrogen) atoms. The SMILES string of the molecule is COC(=O)C[C@H](NS(=O)(=O)Cc1ccc(Br)cc1F)c1cccs1. The number of benzene rings is 1. The van der Waals surface area contributed by atoms with Gasteiger partial charge < -0.3 is 4.74 Å². The summed E-state index contributed by atoms with van der Waals surface area (Å²) in [6.45, 7) is 0. The molecule has 0 spiro atoms. The zero-order valence-electron chi connectivity index (χ0n) is 12.7. The van der Waals surface area contributed by atoms with Gasteiger partial charge in [-0.25, -0.2) is 17.5 Å². The van der Waals surface area contributed by atoms with E-state index in [-0.39, 0.29) is 12.0 Å². The monoisotopic (exact) mass is 435 g/mol. The molecule has 0 saturated heterocycles. The first-order chi connectivity index (χ1) is 11.3. The lowest BCUT2D eigenvalue weighted by molar-refractivity contribution is -0.141. The zero-order chi connectivity index (χ0) is 17.7. The third kappa shape index (κ3) is 5.37. The van der Waals surface area contributed by atoms with Gasteiger partial charge in [-0.2, -0.15) is 0 Å². The van der Waals surface area contributed by atoms with Crippen LogP contribution in [0, 0.1) is 5.82 Å². The van der Waals surface area contributed by atoms with Crippen molar-refractivity contribution in [2.75, 3.05) is 7.11 Å². The number of methoxy groups -OCH3 is 1. The molecule has 1 aromatic carbocycles. The first-order valence-electron chi connectivity index (χ1n) is 6.85. The normalized spacial score (nSPS) is 12.8. The van der Waals surface area contributed by atoms with Crippen molar-refractivity contribution in [1.82, 2.24) is 4.72 Å². The number of hydrogen-bond acceptors (Lipinski definition) is 5. The average molecular weight is 436 g/mol. The maximum Gasteiger partial charge on any atom is 0.307 e. The number of esters is 1. The van der Waals surface area contributed by atoms with Crippen LogP contribution in [0.2, 0.25) is 0 Å². The minimum Gasteiger partial charge on any atom is -0.469 e. The fraction of sp³-hybridized carbons (Fsp3) is 0.267. The number of carbonyl (C=O) groups is 1. The molecule has 0 aliphatic carbocycles. The number of thiophene rings is 1. The van der Waals surface area contributed by atoms with E-state index in [1.807, 2.05) is 0 Å². The van der Waals surface area contributed by atoms with Crippen molar-refractivity contribution in [3.8, 4) is 0 Å². The minimum atomic E-state index is -3.86. The van der Waals surface area contributed by atoms with Gasteiger partial charge in [0, 0.05) is 14.9 Å². The predicted molar refractivity (Wildman–Crippen MR) is 93.6 cm³/mol. The molecule has 1 heterocycles. The lowest BCUT2D eigenvalue weighted by Crippen LogP contribution is -2.31. The van der Waals surface area contributed by atoms with Gasteiger partial charge >= 0.3 is 5.97 Å². The second-order valence-electron chi connectivity index (χ2n) is 4.96. The summed E-state index contributed by atoms with van der Waals surface area (Å²) in [6, 6.07) is 6.91. The molecule has 0 radical (unpaired) electrons. The number of ether oxygens (including phenoxy) is 1. The van der Waals surface area contributed by atoms with Crippen LogP contribution < -0.4 is 4.72 Å². The van der Waals surface area contributed by atoms with E-state index in [4.69, 9.17) is 0 Å². The lowest BCUT2D eigenvalue weighted by Gasteiger charge is -2.17. The van der Waals surface area contributed by atoms with E-state index in [2.05, 4.69) is 25.4 Å². The number of rotatable bonds is 7. The van der Waals surface area contributed by atoms with Gasteiger partial charge in [-0.05, 0) is 23.6 Å². The molecule has 0 unspecified atom stereocenters. The maximum absolute atomic E-state index is 13.9. The van der Waals surface area contributed by atoms with Crippen LogP contribution >= 0.6 is 27.3 Å². The topological polar surface area (TPSA) is 72.5 Å². The largest absolute Gasteiger partial charge is 0.469 e. The van der Waals surface area contributed by atoms with E-state index in [0.717, 1.165) is 0 Å². The predicted octanol–water partition coefficient (Wildman–Crippen LogP) is 3.37. The Morgan fingerprint density at radius 2 is 2.17 bits per heavy atom. The molecular formula is C15H15BrFNO4S2. The van der Waals surface area contributed by atoms with Crippen molar-refractivity contribution in [2.24, 2.45) is 0 Å². The quantitative estimate of drug-likeness (QED) is 0.676. The third-order valence-corrected chi connectivity index (χ3v) is 5.98. The standard InChI is InChI=1S/C15H15BrFNO4S2/c1-22-15(19)8-13(14-3-2-6-23-14)18-24(20,21)9-10-4-5-11(16)7-12(10)17/h2-7,13,18H,8-9H2,1H3/t13-/m0/s1. The first kappa shape index (κ1) is 19.0. The molecule has 0 fully saturated rings. The van der Waals surface area contributed by atoms with Gasteiger partial charge in [0.05, 0.1) is 25.3 Å². The Bertz CT molecular complexity index is 809. The molecule has 0 bridgehead atoms. The second-order valence-corrected chi connectivity index (χ2v) is 8.61. The summed E-state index contributed by atoms with van der Waals surface area (Å²) in [5.74, 6) is -1.67. The molecule has 9 heteroatoms. The molecule has 1 atom stereocenters. The van der Waals surface area contributed by atoms with Gasteiger partial charge in [0.15, 0.2) is 0 Å². The van der Waals surface area contributed by atoms with Crippen molar-refractivity contribution in [3.63, 3.8) is 0 Å². The Balaban J connectivity index is 2.18. The van der Waals surface area contributed by atoms with Crippen LogP contribution in [0.15, 0.2) is 40.2 Å². The minimum absolute atomic E-state index is 0.0497. The van der Waals surface area contributed by atoms with Gasteiger partial charge in [-0.3, -0.25) is 4.79 Å². The highest BCUT2D eigenvalue weighted by molar-refractivity contribution is 9.10. The van der Waals surface area contributed by atoms with Gasteiger partial charge in [0.25, 0.3) is 0 Å². The van der Waals surface area contributed by atoms with Crippen LogP contribution in [-0.2, 0) is 25.3 Å². The summed E-state index contributed by atoms with van der Waals surface area (Å²) in [5.41, 5.74) is 0.0497. The van der Waals surface area contributed by atoms with E-state index in [1.165, 1.54) is 30.6 Å². The van der Waals surface area contributed by atoms with Crippen LogP contribution in [0.4, 0.5) is 4.39 Å². The van der Waals surface area contributed by atoms with E-state index in [0.29, 0.717) is 9.35 Å². The number of nitrogens with one attached hydrogen (secondary N) is 1. The summed E-state index contributed by atoms with van der Waals surface area (Å²) in [5, 5.41) is 1.78. The molecule has 0 aliphatic rings. The highest BCUT2D eigenvalue weighted by Crippen LogP contribution is 2.24. The molecule has 2 aromatic rings. The van der Waals surface area contributed by atoms with Crippen molar-refractivity contribution < 1.29 is 22.3 Å². The number of halogens is 2. The highest BCUT2D eigenvalue weighted by atomic mass is 79.9. The van der Waals surface area contributed by atoms with Crippen LogP contribution in [0.25, 0.3) is 0 Å². The molecule has 1 N–H and O–H groups in total. The molecule has 0 saturated carbocycles. The zero-order valence-corrected chi connectivity index (χ0v) is 15.9. The van der Waals surface area contributed by atoms with Crippen molar-refractivity contribution in [2.45, 2.75) is 18.2 Å². The van der Waals surface area contributed by atoms with Crippen molar-refractivity contribution in [3.05, 3.63) is 56.4 Å². The second kappa shape index (κ2) is 8.19.